The monoisotopic (exact) mass is 447 g/mol. The van der Waals surface area contributed by atoms with Crippen molar-refractivity contribution in [1.82, 2.24) is 4.98 Å². The van der Waals surface area contributed by atoms with E-state index in [1.54, 1.807) is 6.07 Å². The van der Waals surface area contributed by atoms with Crippen LogP contribution >= 0.6 is 0 Å². The van der Waals surface area contributed by atoms with Crippen LogP contribution in [0.4, 0.5) is 4.39 Å². The molecule has 0 aliphatic carbocycles. The van der Waals surface area contributed by atoms with Crippen molar-refractivity contribution in [3.05, 3.63) is 114 Å². The van der Waals surface area contributed by atoms with Crippen LogP contribution in [-0.2, 0) is 4.74 Å². The lowest BCUT2D eigenvalue weighted by atomic mass is 9.93. The standard InChI is InChI=1S/C30H22FNO2/c1-19-28(30(33)34-2)26-18-23(31)16-17-27(26)32-29(19)22-14-12-21(13-15-22)25-11-7-6-10-24(25)20-8-4-3-5-9-20/h3-18H,1-2H3. The van der Waals surface area contributed by atoms with Crippen molar-refractivity contribution in [3.8, 4) is 33.5 Å². The van der Waals surface area contributed by atoms with E-state index in [1.807, 2.05) is 49.4 Å². The molecule has 0 amide bonds. The first-order valence-corrected chi connectivity index (χ1v) is 11.0. The van der Waals surface area contributed by atoms with Gasteiger partial charge in [-0.1, -0.05) is 78.9 Å². The van der Waals surface area contributed by atoms with Crippen LogP contribution in [0.1, 0.15) is 15.9 Å². The number of carbonyl (C=O) groups excluding carboxylic acids is 1. The molecule has 4 heteroatoms. The second-order valence-electron chi connectivity index (χ2n) is 8.10. The quantitative estimate of drug-likeness (QED) is 0.268. The molecule has 0 atom stereocenters. The summed E-state index contributed by atoms with van der Waals surface area (Å²) < 4.78 is 18.9. The predicted octanol–water partition coefficient (Wildman–Crippen LogP) is 7.47. The molecule has 166 valence electrons. The Bertz CT molecular complexity index is 1510. The lowest BCUT2D eigenvalue weighted by Crippen LogP contribution is -2.08. The largest absolute Gasteiger partial charge is 0.465 e. The SMILES string of the molecule is COC(=O)c1c(C)c(-c2ccc(-c3ccccc3-c3ccccc3)cc2)nc2ccc(F)cc12. The maximum Gasteiger partial charge on any atom is 0.338 e. The van der Waals surface area contributed by atoms with Gasteiger partial charge in [0.05, 0.1) is 23.9 Å². The van der Waals surface area contributed by atoms with Crippen molar-refractivity contribution in [2.24, 2.45) is 0 Å². The lowest BCUT2D eigenvalue weighted by molar-refractivity contribution is 0.0602. The van der Waals surface area contributed by atoms with Crippen molar-refractivity contribution < 1.29 is 13.9 Å². The molecular weight excluding hydrogens is 425 g/mol. The van der Waals surface area contributed by atoms with Crippen LogP contribution in [0.3, 0.4) is 0 Å². The highest BCUT2D eigenvalue weighted by Crippen LogP contribution is 2.35. The van der Waals surface area contributed by atoms with E-state index in [4.69, 9.17) is 9.72 Å². The van der Waals surface area contributed by atoms with E-state index in [-0.39, 0.29) is 0 Å². The molecule has 0 saturated carbocycles. The summed E-state index contributed by atoms with van der Waals surface area (Å²) >= 11 is 0. The third kappa shape index (κ3) is 3.84. The van der Waals surface area contributed by atoms with Gasteiger partial charge in [0.25, 0.3) is 0 Å². The molecule has 0 aliphatic heterocycles. The van der Waals surface area contributed by atoms with E-state index in [1.165, 1.54) is 19.2 Å². The number of esters is 1. The van der Waals surface area contributed by atoms with Crippen LogP contribution < -0.4 is 0 Å². The minimum Gasteiger partial charge on any atom is -0.465 e. The lowest BCUT2D eigenvalue weighted by Gasteiger charge is -2.14. The zero-order valence-corrected chi connectivity index (χ0v) is 18.9. The first-order valence-electron chi connectivity index (χ1n) is 11.0. The van der Waals surface area contributed by atoms with E-state index < -0.39 is 11.8 Å². The molecule has 0 bridgehead atoms. The summed E-state index contributed by atoms with van der Waals surface area (Å²) in [7, 11) is 1.33. The fourth-order valence-corrected chi connectivity index (χ4v) is 4.39. The van der Waals surface area contributed by atoms with Crippen molar-refractivity contribution in [1.29, 1.82) is 0 Å². The average Bonchev–Trinajstić information content (AvgIpc) is 2.88. The number of fused-ring (bicyclic) bond motifs is 1. The molecule has 5 aromatic rings. The van der Waals surface area contributed by atoms with Crippen LogP contribution in [0.15, 0.2) is 97.1 Å². The Labute approximate surface area is 197 Å². The number of ether oxygens (including phenoxy) is 1. The maximum absolute atomic E-state index is 13.9. The molecule has 5 rings (SSSR count). The van der Waals surface area contributed by atoms with Crippen molar-refractivity contribution in [2.75, 3.05) is 7.11 Å². The van der Waals surface area contributed by atoms with Crippen molar-refractivity contribution in [2.45, 2.75) is 6.92 Å². The Morgan fingerprint density at radius 3 is 2.00 bits per heavy atom. The highest BCUT2D eigenvalue weighted by atomic mass is 19.1. The van der Waals surface area contributed by atoms with Crippen LogP contribution in [0.25, 0.3) is 44.4 Å². The third-order valence-electron chi connectivity index (χ3n) is 6.06. The Morgan fingerprint density at radius 2 is 1.35 bits per heavy atom. The molecule has 34 heavy (non-hydrogen) atoms. The zero-order chi connectivity index (χ0) is 23.7. The average molecular weight is 448 g/mol. The molecule has 1 heterocycles. The normalized spacial score (nSPS) is 10.9. The van der Waals surface area contributed by atoms with Gasteiger partial charge in [0.1, 0.15) is 5.82 Å². The summed E-state index contributed by atoms with van der Waals surface area (Å²) in [6, 6.07) is 31.0. The van der Waals surface area contributed by atoms with Crippen molar-refractivity contribution >= 4 is 16.9 Å². The van der Waals surface area contributed by atoms with Crippen LogP contribution in [0.5, 0.6) is 0 Å². The van der Waals surface area contributed by atoms with Gasteiger partial charge in [0.15, 0.2) is 0 Å². The molecular formula is C30H22FNO2. The van der Waals surface area contributed by atoms with Crippen molar-refractivity contribution in [3.63, 3.8) is 0 Å². The fraction of sp³-hybridized carbons (Fsp3) is 0.0667. The summed E-state index contributed by atoms with van der Waals surface area (Å²) in [6.45, 7) is 1.82. The van der Waals surface area contributed by atoms with E-state index in [2.05, 4.69) is 36.4 Å². The summed E-state index contributed by atoms with van der Waals surface area (Å²) in [4.78, 5) is 17.3. The third-order valence-corrected chi connectivity index (χ3v) is 6.06. The number of rotatable bonds is 4. The van der Waals surface area contributed by atoms with E-state index in [0.717, 1.165) is 27.8 Å². The molecule has 0 fully saturated rings. The van der Waals surface area contributed by atoms with Gasteiger partial charge in [-0.15, -0.1) is 0 Å². The second-order valence-corrected chi connectivity index (χ2v) is 8.10. The van der Waals surface area contributed by atoms with E-state index in [0.29, 0.717) is 27.7 Å². The van der Waals surface area contributed by atoms with Gasteiger partial charge >= 0.3 is 5.97 Å². The molecule has 0 unspecified atom stereocenters. The van der Waals surface area contributed by atoms with Gasteiger partial charge in [-0.3, -0.25) is 0 Å². The zero-order valence-electron chi connectivity index (χ0n) is 18.9. The highest BCUT2D eigenvalue weighted by molar-refractivity contribution is 6.06. The number of benzene rings is 4. The molecule has 3 nitrogen and oxygen atoms in total. The molecule has 0 saturated heterocycles. The number of nitrogens with zero attached hydrogens (tertiary/aromatic N) is 1. The van der Waals surface area contributed by atoms with Gasteiger partial charge in [0, 0.05) is 10.9 Å². The molecule has 0 radical (unpaired) electrons. The molecule has 0 spiro atoms. The number of aromatic nitrogens is 1. The number of hydrogen-bond acceptors (Lipinski definition) is 3. The second kappa shape index (κ2) is 8.91. The van der Waals surface area contributed by atoms with Crippen LogP contribution in [0, 0.1) is 12.7 Å². The number of hydrogen-bond donors (Lipinski definition) is 0. The number of halogens is 1. The summed E-state index contributed by atoms with van der Waals surface area (Å²) in [6.07, 6.45) is 0. The number of pyridine rings is 1. The van der Waals surface area contributed by atoms with Crippen LogP contribution in [-0.4, -0.2) is 18.1 Å². The summed E-state index contributed by atoms with van der Waals surface area (Å²) in [5, 5.41) is 0.446. The van der Waals surface area contributed by atoms with Gasteiger partial charge in [-0.2, -0.15) is 0 Å². The Kier molecular flexibility index (Phi) is 5.64. The topological polar surface area (TPSA) is 39.2 Å². The first-order chi connectivity index (χ1) is 16.6. The summed E-state index contributed by atoms with van der Waals surface area (Å²) in [5.41, 5.74) is 7.60. The number of methoxy groups -OCH3 is 1. The van der Waals surface area contributed by atoms with Gasteiger partial charge in [-0.05, 0) is 52.9 Å². The van der Waals surface area contributed by atoms with Gasteiger partial charge in [0.2, 0.25) is 0 Å². The molecule has 0 aliphatic rings. The Morgan fingerprint density at radius 1 is 0.765 bits per heavy atom. The minimum atomic E-state index is -0.509. The fourth-order valence-electron chi connectivity index (χ4n) is 4.39. The van der Waals surface area contributed by atoms with Crippen LogP contribution in [0.2, 0.25) is 0 Å². The maximum atomic E-state index is 13.9. The molecule has 1 aromatic heterocycles. The van der Waals surface area contributed by atoms with Gasteiger partial charge in [-0.25, -0.2) is 14.2 Å². The Hall–Kier alpha value is -4.31. The molecule has 0 N–H and O–H groups in total. The Balaban J connectivity index is 1.62. The van der Waals surface area contributed by atoms with E-state index in [9.17, 15) is 9.18 Å². The van der Waals surface area contributed by atoms with Gasteiger partial charge < -0.3 is 4.74 Å². The minimum absolute atomic E-state index is 0.334. The molecule has 4 aromatic carbocycles. The number of carbonyl (C=O) groups is 1. The van der Waals surface area contributed by atoms with E-state index >= 15 is 0 Å². The predicted molar refractivity (Wildman–Crippen MR) is 134 cm³/mol. The smallest absolute Gasteiger partial charge is 0.338 e. The first kappa shape index (κ1) is 21.5. The highest BCUT2D eigenvalue weighted by Gasteiger charge is 2.20. The summed E-state index contributed by atoms with van der Waals surface area (Å²) in [5.74, 6) is -0.932.